The highest BCUT2D eigenvalue weighted by Crippen LogP contribution is 2.33. The van der Waals surface area contributed by atoms with Gasteiger partial charge in [0.15, 0.2) is 17.6 Å². The van der Waals surface area contributed by atoms with Gasteiger partial charge in [0, 0.05) is 25.7 Å². The first kappa shape index (κ1) is 28.3. The van der Waals surface area contributed by atoms with Gasteiger partial charge in [-0.15, -0.1) is 0 Å². The summed E-state index contributed by atoms with van der Waals surface area (Å²) in [4.78, 5) is 48.0. The molecule has 188 valence electrons. The molecule has 1 unspecified atom stereocenters. The molecule has 1 aliphatic rings. The molecule has 0 saturated carbocycles. The second-order valence-corrected chi connectivity index (χ2v) is 10.9. The Kier molecular flexibility index (Phi) is 10.1. The van der Waals surface area contributed by atoms with E-state index >= 15 is 0 Å². The van der Waals surface area contributed by atoms with Crippen LogP contribution in [-0.4, -0.2) is 68.2 Å². The number of esters is 3. The summed E-state index contributed by atoms with van der Waals surface area (Å²) in [5.41, 5.74) is -1.39. The lowest BCUT2D eigenvalue weighted by Crippen LogP contribution is -2.67. The summed E-state index contributed by atoms with van der Waals surface area (Å²) >= 11 is 17.1. The van der Waals surface area contributed by atoms with E-state index in [9.17, 15) is 23.4 Å². The maximum atomic E-state index is 13.5. The molecule has 2 rings (SSSR count). The summed E-state index contributed by atoms with van der Waals surface area (Å²) in [5.74, 6) is -3.39. The molecule has 0 aliphatic carbocycles. The maximum Gasteiger partial charge on any atom is 0.303 e. The number of ether oxygens (including phenoxy) is 4. The van der Waals surface area contributed by atoms with E-state index in [1.807, 2.05) is 0 Å². The van der Waals surface area contributed by atoms with Gasteiger partial charge in [0.05, 0.1) is 10.8 Å². The molecule has 14 heteroatoms. The molecule has 1 heterocycles. The van der Waals surface area contributed by atoms with Gasteiger partial charge in [0.1, 0.15) is 18.8 Å². The Morgan fingerprint density at radius 2 is 1.53 bits per heavy atom. The molecule has 34 heavy (non-hydrogen) atoms. The molecule has 0 spiro atoms. The summed E-state index contributed by atoms with van der Waals surface area (Å²) in [7, 11) is -1.98. The normalized spacial score (nSPS) is 25.5. The van der Waals surface area contributed by atoms with Crippen molar-refractivity contribution in [2.45, 2.75) is 59.2 Å². The van der Waals surface area contributed by atoms with Crippen molar-refractivity contribution in [2.24, 2.45) is 0 Å². The number of hydrogen-bond donors (Lipinski definition) is 1. The summed E-state index contributed by atoms with van der Waals surface area (Å²) in [6, 6.07) is 6.66. The Hall–Kier alpha value is -1.92. The number of carbonyl (C=O) groups is 4. The number of halogens is 3. The average molecular weight is 559 g/mol. The lowest BCUT2D eigenvalue weighted by Gasteiger charge is -2.45. The number of benzene rings is 1. The van der Waals surface area contributed by atoms with E-state index in [0.29, 0.717) is 4.90 Å². The van der Waals surface area contributed by atoms with Crippen molar-refractivity contribution in [3.63, 3.8) is 0 Å². The molecule has 1 aliphatic heterocycles. The molecule has 0 radical (unpaired) electrons. The SMILES string of the molecule is CC(=O)OC[C@H]1O[C@@H](S(=O)c2ccccc2)[C@H](NC(=O)C(Cl)(Cl)Cl)[C@@H](OC(C)=O)[C@@H]1OC(C)=O. The molecule has 1 saturated heterocycles. The van der Waals surface area contributed by atoms with Crippen molar-refractivity contribution in [3.8, 4) is 0 Å². The third-order valence-electron chi connectivity index (χ3n) is 4.44. The minimum absolute atomic E-state index is 0.305. The van der Waals surface area contributed by atoms with Crippen LogP contribution in [0.2, 0.25) is 0 Å². The molecule has 6 atom stereocenters. The highest BCUT2D eigenvalue weighted by Gasteiger charge is 2.54. The van der Waals surface area contributed by atoms with Crippen LogP contribution in [0.25, 0.3) is 0 Å². The molecular weight excluding hydrogens is 537 g/mol. The highest BCUT2D eigenvalue weighted by molar-refractivity contribution is 7.85. The van der Waals surface area contributed by atoms with Gasteiger partial charge in [-0.05, 0) is 12.1 Å². The van der Waals surface area contributed by atoms with E-state index < -0.39 is 74.8 Å². The third kappa shape index (κ3) is 7.81. The van der Waals surface area contributed by atoms with E-state index in [1.54, 1.807) is 30.3 Å². The van der Waals surface area contributed by atoms with Crippen molar-refractivity contribution >= 4 is 69.4 Å². The number of nitrogens with one attached hydrogen (secondary N) is 1. The van der Waals surface area contributed by atoms with Crippen LogP contribution in [0.15, 0.2) is 35.2 Å². The maximum absolute atomic E-state index is 13.5. The zero-order valence-corrected chi connectivity index (χ0v) is 21.3. The number of hydrogen-bond acceptors (Lipinski definition) is 9. The van der Waals surface area contributed by atoms with E-state index in [1.165, 1.54) is 0 Å². The van der Waals surface area contributed by atoms with E-state index in [0.717, 1.165) is 20.8 Å². The number of carbonyl (C=O) groups excluding carboxylic acids is 4. The monoisotopic (exact) mass is 557 g/mol. The average Bonchev–Trinajstić information content (AvgIpc) is 2.73. The van der Waals surface area contributed by atoms with Crippen molar-refractivity contribution in [1.29, 1.82) is 0 Å². The Labute approximate surface area is 212 Å². The van der Waals surface area contributed by atoms with Gasteiger partial charge in [-0.25, -0.2) is 0 Å². The largest absolute Gasteiger partial charge is 0.463 e. The molecule has 0 aromatic heterocycles. The lowest BCUT2D eigenvalue weighted by molar-refractivity contribution is -0.212. The van der Waals surface area contributed by atoms with Crippen LogP contribution in [0.3, 0.4) is 0 Å². The number of amides is 1. The summed E-state index contributed by atoms with van der Waals surface area (Å²) in [6.45, 7) is 2.89. The number of alkyl halides is 3. The van der Waals surface area contributed by atoms with E-state index in [2.05, 4.69) is 5.32 Å². The molecular formula is C20H22Cl3NO9S. The van der Waals surface area contributed by atoms with Crippen LogP contribution < -0.4 is 5.32 Å². The first-order valence-corrected chi connectivity index (χ1v) is 12.1. The Balaban J connectivity index is 2.58. The molecule has 1 aromatic rings. The van der Waals surface area contributed by atoms with Gasteiger partial charge < -0.3 is 24.3 Å². The van der Waals surface area contributed by atoms with Crippen LogP contribution in [0.5, 0.6) is 0 Å². The lowest BCUT2D eigenvalue weighted by atomic mass is 9.97. The summed E-state index contributed by atoms with van der Waals surface area (Å²) in [6.07, 6.45) is -4.02. The van der Waals surface area contributed by atoms with Gasteiger partial charge >= 0.3 is 17.9 Å². The van der Waals surface area contributed by atoms with Crippen LogP contribution in [0, 0.1) is 0 Å². The third-order valence-corrected chi connectivity index (χ3v) is 6.52. The van der Waals surface area contributed by atoms with Crippen molar-refractivity contribution < 1.29 is 42.3 Å². The first-order valence-electron chi connectivity index (χ1n) is 9.77. The summed E-state index contributed by atoms with van der Waals surface area (Å²) < 4.78 is 32.6. The predicted octanol–water partition coefficient (Wildman–Crippen LogP) is 1.80. The minimum atomic E-state index is -2.43. The molecule has 10 nitrogen and oxygen atoms in total. The fourth-order valence-corrected chi connectivity index (χ4v) is 4.75. The molecule has 1 fully saturated rings. The number of rotatable bonds is 7. The molecule has 1 aromatic carbocycles. The molecule has 0 bridgehead atoms. The molecule has 1 amide bonds. The predicted molar refractivity (Wildman–Crippen MR) is 121 cm³/mol. The first-order chi connectivity index (χ1) is 15.8. The quantitative estimate of drug-likeness (QED) is 0.302. The van der Waals surface area contributed by atoms with Crippen LogP contribution in [0.4, 0.5) is 0 Å². The van der Waals surface area contributed by atoms with Crippen LogP contribution in [0.1, 0.15) is 20.8 Å². The van der Waals surface area contributed by atoms with Crippen molar-refractivity contribution in [1.82, 2.24) is 5.32 Å². The zero-order chi connectivity index (χ0) is 25.6. The zero-order valence-electron chi connectivity index (χ0n) is 18.2. The van der Waals surface area contributed by atoms with Gasteiger partial charge in [-0.2, -0.15) is 0 Å². The van der Waals surface area contributed by atoms with E-state index in [4.69, 9.17) is 53.8 Å². The van der Waals surface area contributed by atoms with Crippen LogP contribution in [-0.2, 0) is 48.9 Å². The van der Waals surface area contributed by atoms with Gasteiger partial charge in [0.2, 0.25) is 0 Å². The second-order valence-electron chi connectivity index (χ2n) is 7.10. The highest BCUT2D eigenvalue weighted by atomic mass is 35.6. The second kappa shape index (κ2) is 12.2. The Morgan fingerprint density at radius 1 is 0.971 bits per heavy atom. The fourth-order valence-electron chi connectivity index (χ4n) is 3.16. The van der Waals surface area contributed by atoms with Gasteiger partial charge in [0.25, 0.3) is 9.70 Å². The fraction of sp³-hybridized carbons (Fsp3) is 0.500. The standard InChI is InChI=1S/C20H22Cl3NO9S/c1-10(25)30-9-14-16(31-11(2)26)17(32-12(3)27)15(24-19(28)20(21,22)23)18(33-14)34(29)13-7-5-4-6-8-13/h4-8,14-18H,9H2,1-3H3,(H,24,28)/t14-,15-,16-,17-,18+,34?/m1/s1. The topological polar surface area (TPSA) is 134 Å². The van der Waals surface area contributed by atoms with Crippen LogP contribution >= 0.6 is 34.8 Å². The Morgan fingerprint density at radius 3 is 2.03 bits per heavy atom. The van der Waals surface area contributed by atoms with Crippen molar-refractivity contribution in [2.75, 3.05) is 6.61 Å². The Bertz CT molecular complexity index is 941. The van der Waals surface area contributed by atoms with Crippen molar-refractivity contribution in [3.05, 3.63) is 30.3 Å². The summed E-state index contributed by atoms with van der Waals surface area (Å²) in [5, 5.41) is 2.37. The van der Waals surface area contributed by atoms with Gasteiger partial charge in [-0.3, -0.25) is 23.4 Å². The molecule has 1 N–H and O–H groups in total. The minimum Gasteiger partial charge on any atom is -0.463 e. The van der Waals surface area contributed by atoms with Gasteiger partial charge in [-0.1, -0.05) is 53.0 Å². The van der Waals surface area contributed by atoms with E-state index in [-0.39, 0.29) is 0 Å². The smallest absolute Gasteiger partial charge is 0.303 e.